The van der Waals surface area contributed by atoms with Crippen LogP contribution >= 0.6 is 0 Å². The summed E-state index contributed by atoms with van der Waals surface area (Å²) in [7, 11) is -8.45. The van der Waals surface area contributed by atoms with E-state index < -0.39 is 32.0 Å². The van der Waals surface area contributed by atoms with Crippen LogP contribution in [-0.2, 0) is 29.8 Å². The molecule has 0 aliphatic heterocycles. The Labute approximate surface area is 218 Å². The predicted molar refractivity (Wildman–Crippen MR) is 85.5 cm³/mol. The van der Waals surface area contributed by atoms with E-state index in [1.807, 2.05) is 6.07 Å². The van der Waals surface area contributed by atoms with Crippen LogP contribution in [0.25, 0.3) is 6.08 Å². The second-order valence-corrected chi connectivity index (χ2v) is 6.97. The van der Waals surface area contributed by atoms with Crippen molar-refractivity contribution in [1.29, 1.82) is 0 Å². The van der Waals surface area contributed by atoms with E-state index in [1.54, 1.807) is 24.3 Å². The largest absolute Gasteiger partial charge is 1.00 e. The summed E-state index contributed by atoms with van der Waals surface area (Å²) >= 11 is 0. The molecular weight excluding hydrogens is 422 g/mol. The van der Waals surface area contributed by atoms with E-state index in [2.05, 4.69) is 11.3 Å². The average Bonchev–Trinajstić information content (AvgIpc) is 2.49. The summed E-state index contributed by atoms with van der Waals surface area (Å²) in [5, 5.41) is 0.641. The number of esters is 1. The zero-order valence-corrected chi connectivity index (χ0v) is 21.3. The first-order chi connectivity index (χ1) is 11.0. The molecule has 0 N–H and O–H groups in total. The summed E-state index contributed by atoms with van der Waals surface area (Å²) in [4.78, 5) is 10.4. The maximum Gasteiger partial charge on any atom is 1.00 e. The van der Waals surface area contributed by atoms with Crippen LogP contribution in [0.1, 0.15) is 12.0 Å². The second kappa shape index (κ2) is 16.6. The number of carbonyl (C=O) groups is 1. The second-order valence-electron chi connectivity index (χ2n) is 4.19. The first kappa shape index (κ1) is 31.3. The molecule has 0 aromatic heterocycles. The minimum atomic E-state index is -4.25. The quantitative estimate of drug-likeness (QED) is 0.135. The smallest absolute Gasteiger partial charge is 0.748 e. The standard InChI is InChI=1S/C8H8O3S.C6H10O5S.K.Na/c9-12(10,11)7-6-8-4-2-1-3-5-8;1-2-6(7)11-4-3-5-12(8,9)10;;/h1-7H,(H,9,10,11);2H,1,3-5H2,(H,8,9,10);;/q;;2*+1/p-2. The molecule has 0 spiro atoms. The molecule has 0 fully saturated rings. The number of rotatable bonds is 7. The molecule has 8 nitrogen and oxygen atoms in total. The Hall–Kier alpha value is 0.626. The molecule has 0 aliphatic carbocycles. The van der Waals surface area contributed by atoms with E-state index in [-0.39, 0.29) is 94.0 Å². The van der Waals surface area contributed by atoms with Gasteiger partial charge in [-0.15, -0.1) is 0 Å². The molecule has 0 atom stereocenters. The van der Waals surface area contributed by atoms with Crippen LogP contribution in [0, 0.1) is 0 Å². The summed E-state index contributed by atoms with van der Waals surface area (Å²) in [5.41, 5.74) is 0.692. The SMILES string of the molecule is C=CC(=O)OCCCS(=O)(=O)[O-].O=S(=O)([O-])C=Cc1ccccc1.[K+].[Na+]. The van der Waals surface area contributed by atoms with Gasteiger partial charge in [0, 0.05) is 17.2 Å². The Balaban J connectivity index is -0.000000378. The molecule has 0 aliphatic rings. The van der Waals surface area contributed by atoms with Gasteiger partial charge in [-0.25, -0.2) is 21.6 Å². The molecule has 1 aromatic rings. The molecule has 0 radical (unpaired) electrons. The number of ether oxygens (including phenoxy) is 1. The molecule has 0 saturated heterocycles. The van der Waals surface area contributed by atoms with Gasteiger partial charge in [0.2, 0.25) is 0 Å². The van der Waals surface area contributed by atoms with E-state index in [9.17, 15) is 30.7 Å². The first-order valence-electron chi connectivity index (χ1n) is 6.45. The van der Waals surface area contributed by atoms with Crippen LogP contribution in [-0.4, -0.2) is 44.3 Å². The maximum absolute atomic E-state index is 10.4. The van der Waals surface area contributed by atoms with Crippen molar-refractivity contribution in [3.63, 3.8) is 0 Å². The molecule has 1 aromatic carbocycles. The van der Waals surface area contributed by atoms with Crippen LogP contribution in [0.5, 0.6) is 0 Å². The molecule has 26 heavy (non-hydrogen) atoms. The number of hydrogen-bond acceptors (Lipinski definition) is 8. The zero-order valence-electron chi connectivity index (χ0n) is 14.5. The molecule has 1 rings (SSSR count). The van der Waals surface area contributed by atoms with E-state index in [1.165, 1.54) is 6.08 Å². The monoisotopic (exact) mass is 438 g/mol. The van der Waals surface area contributed by atoms with Gasteiger partial charge in [0.15, 0.2) is 0 Å². The summed E-state index contributed by atoms with van der Waals surface area (Å²) in [6.45, 7) is 3.06. The fourth-order valence-electron chi connectivity index (χ4n) is 1.19. The van der Waals surface area contributed by atoms with Crippen molar-refractivity contribution in [2.24, 2.45) is 0 Å². The number of carbonyl (C=O) groups excluding carboxylic acids is 1. The normalized spacial score (nSPS) is 10.5. The van der Waals surface area contributed by atoms with Gasteiger partial charge in [0.05, 0.1) is 16.7 Å². The third-order valence-corrected chi connectivity index (χ3v) is 3.43. The Bertz CT molecular complexity index is 761. The minimum absolute atomic E-state index is 0. The van der Waals surface area contributed by atoms with Gasteiger partial charge in [-0.2, -0.15) is 0 Å². The van der Waals surface area contributed by atoms with E-state index in [0.717, 1.165) is 6.08 Å². The summed E-state index contributed by atoms with van der Waals surface area (Å²) < 4.78 is 65.0. The maximum atomic E-state index is 10.4. The molecule has 0 unspecified atom stereocenters. The Kier molecular flexibility index (Phi) is 20.0. The predicted octanol–water partition coefficient (Wildman–Crippen LogP) is -5.14. The van der Waals surface area contributed by atoms with Crippen LogP contribution in [0.2, 0.25) is 0 Å². The van der Waals surface area contributed by atoms with Crippen LogP contribution in [0.4, 0.5) is 0 Å². The van der Waals surface area contributed by atoms with E-state index >= 15 is 0 Å². The van der Waals surface area contributed by atoms with Crippen molar-refractivity contribution in [2.45, 2.75) is 6.42 Å². The van der Waals surface area contributed by atoms with Crippen molar-refractivity contribution >= 4 is 32.3 Å². The molecule has 12 heteroatoms. The van der Waals surface area contributed by atoms with Gasteiger partial charge in [0.25, 0.3) is 0 Å². The van der Waals surface area contributed by atoms with E-state index in [0.29, 0.717) is 11.0 Å². The number of benzene rings is 1. The van der Waals surface area contributed by atoms with Crippen molar-refractivity contribution in [1.82, 2.24) is 0 Å². The summed E-state index contributed by atoms with van der Waals surface area (Å²) in [5.74, 6) is -1.14. The molecule has 0 saturated carbocycles. The fraction of sp³-hybridized carbons (Fsp3) is 0.214. The molecule has 0 heterocycles. The van der Waals surface area contributed by atoms with Crippen LogP contribution < -0.4 is 80.9 Å². The van der Waals surface area contributed by atoms with E-state index in [4.69, 9.17) is 0 Å². The fourth-order valence-corrected chi connectivity index (χ4v) is 1.99. The average molecular weight is 438 g/mol. The molecule has 0 bridgehead atoms. The molecule has 0 amide bonds. The topological polar surface area (TPSA) is 141 Å². The van der Waals surface area contributed by atoms with Crippen molar-refractivity contribution in [3.8, 4) is 0 Å². The zero-order chi connectivity index (χ0) is 18.6. The first-order valence-corrected chi connectivity index (χ1v) is 9.50. The van der Waals surface area contributed by atoms with Crippen LogP contribution in [0.3, 0.4) is 0 Å². The molecular formula is C14H16KNaO8S2. The Morgan fingerprint density at radius 2 is 1.65 bits per heavy atom. The Morgan fingerprint density at radius 3 is 2.08 bits per heavy atom. The Morgan fingerprint density at radius 1 is 1.12 bits per heavy atom. The van der Waals surface area contributed by atoms with Gasteiger partial charge >= 0.3 is 86.9 Å². The summed E-state index contributed by atoms with van der Waals surface area (Å²) in [6.07, 6.45) is 2.25. The molecule has 134 valence electrons. The van der Waals surface area contributed by atoms with Gasteiger partial charge in [0.1, 0.15) is 10.1 Å². The van der Waals surface area contributed by atoms with Gasteiger partial charge < -0.3 is 13.8 Å². The van der Waals surface area contributed by atoms with Gasteiger partial charge in [-0.05, 0) is 18.1 Å². The summed E-state index contributed by atoms with van der Waals surface area (Å²) in [6, 6.07) is 8.75. The van der Waals surface area contributed by atoms with Crippen molar-refractivity contribution < 1.29 is 116 Å². The van der Waals surface area contributed by atoms with Crippen LogP contribution in [0.15, 0.2) is 48.4 Å². The minimum Gasteiger partial charge on any atom is -0.748 e. The third kappa shape index (κ3) is 22.7. The van der Waals surface area contributed by atoms with Gasteiger partial charge in [-0.3, -0.25) is 0 Å². The van der Waals surface area contributed by atoms with Crippen molar-refractivity contribution in [3.05, 3.63) is 54.0 Å². The van der Waals surface area contributed by atoms with Crippen molar-refractivity contribution in [2.75, 3.05) is 12.4 Å². The van der Waals surface area contributed by atoms with Gasteiger partial charge in [-0.1, -0.05) is 36.9 Å². The third-order valence-electron chi connectivity index (χ3n) is 2.18. The number of hydrogen-bond donors (Lipinski definition) is 0.